The summed E-state index contributed by atoms with van der Waals surface area (Å²) in [5.41, 5.74) is 4.29. The third-order valence-corrected chi connectivity index (χ3v) is 5.53. The summed E-state index contributed by atoms with van der Waals surface area (Å²) in [5, 5.41) is 3.26. The number of hydrogen-bond donors (Lipinski definition) is 1. The van der Waals surface area contributed by atoms with Gasteiger partial charge in [-0.15, -0.1) is 0 Å². The molecule has 3 rings (SSSR count). The number of hydrogen-bond acceptors (Lipinski definition) is 4. The number of rotatable bonds is 5. The first-order valence-corrected chi connectivity index (χ1v) is 9.73. The van der Waals surface area contributed by atoms with Crippen molar-refractivity contribution in [3.8, 4) is 0 Å². The third kappa shape index (κ3) is 4.77. The molecular weight excluding hydrogens is 392 g/mol. The first-order chi connectivity index (χ1) is 13.8. The molecule has 2 aromatic carbocycles. The summed E-state index contributed by atoms with van der Waals surface area (Å²) < 4.78 is 5.14. The van der Waals surface area contributed by atoms with Gasteiger partial charge >= 0.3 is 5.97 Å². The van der Waals surface area contributed by atoms with Crippen molar-refractivity contribution in [1.82, 2.24) is 0 Å². The number of nitrogens with one attached hydrogen (secondary N) is 1. The molecule has 7 heteroatoms. The predicted molar refractivity (Wildman–Crippen MR) is 112 cm³/mol. The van der Waals surface area contributed by atoms with E-state index in [0.717, 1.165) is 16.7 Å². The number of nitrogens with zero attached hydrogens (tertiary/aromatic N) is 1. The maximum absolute atomic E-state index is 12.4. The minimum atomic E-state index is -0.615. The predicted octanol–water partition coefficient (Wildman–Crippen LogP) is 3.80. The zero-order valence-corrected chi connectivity index (χ0v) is 17.4. The first-order valence-electron chi connectivity index (χ1n) is 9.35. The molecule has 152 valence electrons. The van der Waals surface area contributed by atoms with Gasteiger partial charge < -0.3 is 15.0 Å². The molecule has 2 amide bonds. The zero-order valence-electron chi connectivity index (χ0n) is 16.6. The van der Waals surface area contributed by atoms with Gasteiger partial charge in [-0.1, -0.05) is 23.7 Å². The summed E-state index contributed by atoms with van der Waals surface area (Å²) in [6, 6.07) is 10.9. The summed E-state index contributed by atoms with van der Waals surface area (Å²) in [6.07, 6.45) is 0.0452. The molecule has 1 N–H and O–H groups in total. The number of carbonyl (C=O) groups excluding carboxylic acids is 3. The fraction of sp³-hybridized carbons (Fsp3) is 0.318. The normalized spacial score (nSPS) is 16.1. The van der Waals surface area contributed by atoms with Crippen LogP contribution in [0.1, 0.15) is 23.1 Å². The maximum atomic E-state index is 12.4. The third-order valence-electron chi connectivity index (χ3n) is 5.12. The highest BCUT2D eigenvalue weighted by atomic mass is 35.5. The Bertz CT molecular complexity index is 973. The van der Waals surface area contributed by atoms with Crippen molar-refractivity contribution < 1.29 is 19.1 Å². The van der Waals surface area contributed by atoms with Crippen LogP contribution in [0.4, 0.5) is 11.4 Å². The van der Waals surface area contributed by atoms with Crippen LogP contribution in [-0.4, -0.2) is 30.9 Å². The molecule has 2 aromatic rings. The van der Waals surface area contributed by atoms with E-state index in [4.69, 9.17) is 16.3 Å². The van der Waals surface area contributed by atoms with Crippen LogP contribution in [-0.2, 0) is 19.1 Å². The molecule has 0 radical (unpaired) electrons. The van der Waals surface area contributed by atoms with Crippen LogP contribution in [0, 0.1) is 26.7 Å². The number of benzene rings is 2. The van der Waals surface area contributed by atoms with E-state index in [1.54, 1.807) is 29.2 Å². The van der Waals surface area contributed by atoms with Crippen molar-refractivity contribution in [2.24, 2.45) is 5.92 Å². The van der Waals surface area contributed by atoms with E-state index in [-0.39, 0.29) is 18.9 Å². The number of carbonyl (C=O) groups is 3. The van der Waals surface area contributed by atoms with Gasteiger partial charge in [0.1, 0.15) is 0 Å². The van der Waals surface area contributed by atoms with Gasteiger partial charge in [-0.25, -0.2) is 0 Å². The van der Waals surface area contributed by atoms with Crippen LogP contribution in [0.15, 0.2) is 36.4 Å². The van der Waals surface area contributed by atoms with Gasteiger partial charge in [-0.05, 0) is 61.7 Å². The Hall–Kier alpha value is -2.86. The average molecular weight is 415 g/mol. The SMILES string of the molecule is Cc1ccc(NC(=O)COC(=O)[C@H]2CC(=O)N(c3cccc(Cl)c3C)C2)cc1C. The molecule has 0 unspecified atom stereocenters. The number of aryl methyl sites for hydroxylation is 2. The highest BCUT2D eigenvalue weighted by Gasteiger charge is 2.37. The minimum Gasteiger partial charge on any atom is -0.455 e. The Labute approximate surface area is 174 Å². The van der Waals surface area contributed by atoms with Crippen LogP contribution in [0.3, 0.4) is 0 Å². The van der Waals surface area contributed by atoms with Crippen molar-refractivity contribution in [2.75, 3.05) is 23.4 Å². The standard InChI is InChI=1S/C22H23ClN2O4/c1-13-7-8-17(9-14(13)2)24-20(26)12-29-22(28)16-10-21(27)25(11-16)19-6-4-5-18(23)15(19)3/h4-9,16H,10-12H2,1-3H3,(H,24,26)/t16-/m0/s1. The molecule has 1 atom stereocenters. The van der Waals surface area contributed by atoms with Gasteiger partial charge in [0.25, 0.3) is 5.91 Å². The molecule has 1 heterocycles. The summed E-state index contributed by atoms with van der Waals surface area (Å²) in [6.45, 7) is 5.58. The lowest BCUT2D eigenvalue weighted by molar-refractivity contribution is -0.151. The average Bonchev–Trinajstić information content (AvgIpc) is 3.06. The van der Waals surface area contributed by atoms with Crippen LogP contribution < -0.4 is 10.2 Å². The lowest BCUT2D eigenvalue weighted by Gasteiger charge is -2.19. The van der Waals surface area contributed by atoms with Gasteiger partial charge in [0.15, 0.2) is 6.61 Å². The largest absolute Gasteiger partial charge is 0.455 e. The van der Waals surface area contributed by atoms with Crippen LogP contribution in [0.2, 0.25) is 5.02 Å². The van der Waals surface area contributed by atoms with E-state index < -0.39 is 24.4 Å². The van der Waals surface area contributed by atoms with E-state index in [0.29, 0.717) is 16.4 Å². The second kappa shape index (κ2) is 8.66. The molecule has 1 aliphatic rings. The van der Waals surface area contributed by atoms with E-state index in [9.17, 15) is 14.4 Å². The van der Waals surface area contributed by atoms with Crippen molar-refractivity contribution in [2.45, 2.75) is 27.2 Å². The first kappa shape index (κ1) is 20.9. The number of halogens is 1. The smallest absolute Gasteiger partial charge is 0.311 e. The van der Waals surface area contributed by atoms with Gasteiger partial charge in [-0.2, -0.15) is 0 Å². The topological polar surface area (TPSA) is 75.7 Å². The highest BCUT2D eigenvalue weighted by molar-refractivity contribution is 6.31. The van der Waals surface area contributed by atoms with Gasteiger partial charge in [-0.3, -0.25) is 14.4 Å². The van der Waals surface area contributed by atoms with Crippen molar-refractivity contribution >= 4 is 40.8 Å². The summed E-state index contributed by atoms with van der Waals surface area (Å²) in [4.78, 5) is 38.4. The zero-order chi connectivity index (χ0) is 21.1. The molecule has 6 nitrogen and oxygen atoms in total. The second-order valence-electron chi connectivity index (χ2n) is 7.24. The Balaban J connectivity index is 1.56. The summed E-state index contributed by atoms with van der Waals surface area (Å²) in [5.74, 6) is -1.77. The Morgan fingerprint density at radius 1 is 1.17 bits per heavy atom. The number of ether oxygens (including phenoxy) is 1. The highest BCUT2D eigenvalue weighted by Crippen LogP contribution is 2.31. The molecule has 1 saturated heterocycles. The van der Waals surface area contributed by atoms with Gasteiger partial charge in [0.2, 0.25) is 5.91 Å². The van der Waals surface area contributed by atoms with Crippen molar-refractivity contribution in [1.29, 1.82) is 0 Å². The number of amides is 2. The number of esters is 1. The van der Waals surface area contributed by atoms with Crippen molar-refractivity contribution in [3.05, 3.63) is 58.1 Å². The summed E-state index contributed by atoms with van der Waals surface area (Å²) >= 11 is 6.13. The van der Waals surface area contributed by atoms with E-state index in [1.807, 2.05) is 32.9 Å². The molecular formula is C22H23ClN2O4. The maximum Gasteiger partial charge on any atom is 0.311 e. The lowest BCUT2D eigenvalue weighted by Crippen LogP contribution is -2.28. The number of anilines is 2. The molecule has 29 heavy (non-hydrogen) atoms. The Kier molecular flexibility index (Phi) is 6.23. The van der Waals surface area contributed by atoms with E-state index >= 15 is 0 Å². The van der Waals surface area contributed by atoms with Crippen LogP contribution in [0.25, 0.3) is 0 Å². The monoisotopic (exact) mass is 414 g/mol. The Morgan fingerprint density at radius 2 is 1.93 bits per heavy atom. The fourth-order valence-electron chi connectivity index (χ4n) is 3.26. The van der Waals surface area contributed by atoms with Crippen LogP contribution >= 0.6 is 11.6 Å². The second-order valence-corrected chi connectivity index (χ2v) is 7.65. The molecule has 0 spiro atoms. The summed E-state index contributed by atoms with van der Waals surface area (Å²) in [7, 11) is 0. The van der Waals surface area contributed by atoms with Crippen molar-refractivity contribution in [3.63, 3.8) is 0 Å². The minimum absolute atomic E-state index is 0.0452. The van der Waals surface area contributed by atoms with E-state index in [1.165, 1.54) is 0 Å². The van der Waals surface area contributed by atoms with E-state index in [2.05, 4.69) is 5.32 Å². The molecule has 0 saturated carbocycles. The quantitative estimate of drug-likeness (QED) is 0.755. The molecule has 1 fully saturated rings. The molecule has 0 aliphatic carbocycles. The molecule has 1 aliphatic heterocycles. The van der Waals surface area contributed by atoms with Crippen LogP contribution in [0.5, 0.6) is 0 Å². The van der Waals surface area contributed by atoms with Gasteiger partial charge in [0.05, 0.1) is 5.92 Å². The Morgan fingerprint density at radius 3 is 2.66 bits per heavy atom. The lowest BCUT2D eigenvalue weighted by atomic mass is 10.1. The molecule has 0 aromatic heterocycles. The van der Waals surface area contributed by atoms with Gasteiger partial charge in [0, 0.05) is 29.4 Å². The fourth-order valence-corrected chi connectivity index (χ4v) is 3.43. The molecule has 0 bridgehead atoms.